The van der Waals surface area contributed by atoms with Crippen LogP contribution in [0.25, 0.3) is 0 Å². The third kappa shape index (κ3) is 2.82. The van der Waals surface area contributed by atoms with Crippen molar-refractivity contribution in [3.63, 3.8) is 0 Å². The van der Waals surface area contributed by atoms with E-state index in [9.17, 15) is 0 Å². The van der Waals surface area contributed by atoms with Gasteiger partial charge in [-0.15, -0.1) is 0 Å². The summed E-state index contributed by atoms with van der Waals surface area (Å²) in [4.78, 5) is 7.83. The van der Waals surface area contributed by atoms with E-state index < -0.39 is 0 Å². The molecule has 1 atom stereocenters. The molecule has 0 aromatic carbocycles. The second kappa shape index (κ2) is 5.55. The molecule has 1 heterocycles. The van der Waals surface area contributed by atoms with Crippen molar-refractivity contribution in [3.05, 3.63) is 17.2 Å². The molecule has 3 heteroatoms. The predicted octanol–water partition coefficient (Wildman–Crippen LogP) is 2.94. The second-order valence-corrected chi connectivity index (χ2v) is 3.86. The zero-order valence-corrected chi connectivity index (χ0v) is 9.80. The van der Waals surface area contributed by atoms with Gasteiger partial charge in [-0.1, -0.05) is 20.3 Å². The lowest BCUT2D eigenvalue weighted by atomic mass is 10.1. The van der Waals surface area contributed by atoms with E-state index in [2.05, 4.69) is 29.9 Å². The van der Waals surface area contributed by atoms with Crippen LogP contribution in [0.5, 0.6) is 0 Å². The molecule has 3 nitrogen and oxygen atoms in total. The van der Waals surface area contributed by atoms with Crippen molar-refractivity contribution in [1.82, 2.24) is 9.97 Å². The van der Waals surface area contributed by atoms with Crippen molar-refractivity contribution in [1.29, 1.82) is 5.26 Å². The van der Waals surface area contributed by atoms with Crippen LogP contribution in [-0.4, -0.2) is 9.97 Å². The fourth-order valence-electron chi connectivity index (χ4n) is 1.63. The normalized spacial score (nSPS) is 12.4. The number of nitriles is 1. The Balaban J connectivity index is 2.86. The molecule has 0 bridgehead atoms. The van der Waals surface area contributed by atoms with E-state index in [0.717, 1.165) is 36.5 Å². The summed E-state index contributed by atoms with van der Waals surface area (Å²) in [6.45, 7) is 6.16. The van der Waals surface area contributed by atoms with E-state index >= 15 is 0 Å². The minimum absolute atomic E-state index is 0.105. The van der Waals surface area contributed by atoms with Gasteiger partial charge in [0.2, 0.25) is 0 Å². The Hall–Kier alpha value is -1.30. The van der Waals surface area contributed by atoms with Crippen molar-refractivity contribution < 1.29 is 0 Å². The minimum atomic E-state index is -0.105. The van der Waals surface area contributed by atoms with Crippen molar-refractivity contribution in [3.8, 4) is 6.07 Å². The number of imidazole rings is 1. The first kappa shape index (κ1) is 11.8. The van der Waals surface area contributed by atoms with Crippen LogP contribution in [0.4, 0.5) is 0 Å². The standard InChI is InChI=1S/C12H19N3/c1-4-6-7-11-14-10(5-2)12(15-11)9(3)8-13/h9H,4-7H2,1-3H3,(H,14,15). The van der Waals surface area contributed by atoms with Crippen molar-refractivity contribution >= 4 is 0 Å². The summed E-state index contributed by atoms with van der Waals surface area (Å²) in [5, 5.41) is 8.89. The number of aromatic amines is 1. The van der Waals surface area contributed by atoms with Crippen LogP contribution in [0.2, 0.25) is 0 Å². The number of hydrogen-bond donors (Lipinski definition) is 1. The maximum Gasteiger partial charge on any atom is 0.106 e. The topological polar surface area (TPSA) is 52.5 Å². The summed E-state index contributed by atoms with van der Waals surface area (Å²) in [6.07, 6.45) is 4.23. The van der Waals surface area contributed by atoms with E-state index in [1.165, 1.54) is 6.42 Å². The van der Waals surface area contributed by atoms with Crippen molar-refractivity contribution in [2.75, 3.05) is 0 Å². The Kier molecular flexibility index (Phi) is 4.36. The number of nitrogens with zero attached hydrogens (tertiary/aromatic N) is 2. The molecule has 0 radical (unpaired) electrons. The van der Waals surface area contributed by atoms with E-state index in [4.69, 9.17) is 5.26 Å². The average Bonchev–Trinajstić information content (AvgIpc) is 2.68. The van der Waals surface area contributed by atoms with Gasteiger partial charge in [-0.25, -0.2) is 4.98 Å². The Morgan fingerprint density at radius 1 is 1.47 bits per heavy atom. The number of H-pyrrole nitrogens is 1. The van der Waals surface area contributed by atoms with Crippen LogP contribution >= 0.6 is 0 Å². The molecule has 1 rings (SSSR count). The van der Waals surface area contributed by atoms with Gasteiger partial charge in [-0.05, 0) is 19.8 Å². The lowest BCUT2D eigenvalue weighted by Crippen LogP contribution is -1.95. The molecular formula is C12H19N3. The molecule has 1 N–H and O–H groups in total. The van der Waals surface area contributed by atoms with Gasteiger partial charge in [0.1, 0.15) is 5.82 Å². The Labute approximate surface area is 91.5 Å². The summed E-state index contributed by atoms with van der Waals surface area (Å²) in [6, 6.07) is 2.24. The first-order chi connectivity index (χ1) is 7.22. The molecule has 0 saturated carbocycles. The fourth-order valence-corrected chi connectivity index (χ4v) is 1.63. The Morgan fingerprint density at radius 2 is 2.20 bits per heavy atom. The Bertz CT molecular complexity index is 346. The highest BCUT2D eigenvalue weighted by atomic mass is 14.9. The summed E-state index contributed by atoms with van der Waals surface area (Å²) in [7, 11) is 0. The quantitative estimate of drug-likeness (QED) is 0.803. The number of rotatable bonds is 5. The molecule has 0 saturated heterocycles. The van der Waals surface area contributed by atoms with Crippen molar-refractivity contribution in [2.45, 2.75) is 52.4 Å². The van der Waals surface area contributed by atoms with Crippen LogP contribution in [0.3, 0.4) is 0 Å². The van der Waals surface area contributed by atoms with Gasteiger partial charge in [-0.2, -0.15) is 5.26 Å². The van der Waals surface area contributed by atoms with Gasteiger partial charge < -0.3 is 4.98 Å². The molecule has 1 aromatic heterocycles. The Morgan fingerprint density at radius 3 is 2.73 bits per heavy atom. The summed E-state index contributed by atoms with van der Waals surface area (Å²) in [5.41, 5.74) is 2.06. The zero-order valence-electron chi connectivity index (χ0n) is 9.80. The first-order valence-corrected chi connectivity index (χ1v) is 5.70. The third-order valence-electron chi connectivity index (χ3n) is 2.58. The van der Waals surface area contributed by atoms with Gasteiger partial charge in [-0.3, -0.25) is 0 Å². The van der Waals surface area contributed by atoms with E-state index in [1.807, 2.05) is 6.92 Å². The fraction of sp³-hybridized carbons (Fsp3) is 0.667. The monoisotopic (exact) mass is 205 g/mol. The predicted molar refractivity (Wildman–Crippen MR) is 60.6 cm³/mol. The molecule has 1 unspecified atom stereocenters. The lowest BCUT2D eigenvalue weighted by molar-refractivity contribution is 0.757. The smallest absolute Gasteiger partial charge is 0.106 e. The highest BCUT2D eigenvalue weighted by Crippen LogP contribution is 2.18. The van der Waals surface area contributed by atoms with Crippen LogP contribution in [0.15, 0.2) is 0 Å². The van der Waals surface area contributed by atoms with Crippen LogP contribution in [0.1, 0.15) is 56.7 Å². The number of aryl methyl sites for hydroxylation is 2. The number of aromatic nitrogens is 2. The maximum atomic E-state index is 8.89. The van der Waals surface area contributed by atoms with Crippen LogP contribution in [0, 0.1) is 11.3 Å². The van der Waals surface area contributed by atoms with Crippen LogP contribution in [-0.2, 0) is 12.8 Å². The number of hydrogen-bond acceptors (Lipinski definition) is 2. The molecule has 1 aromatic rings. The molecule has 15 heavy (non-hydrogen) atoms. The highest BCUT2D eigenvalue weighted by molar-refractivity contribution is 5.23. The SMILES string of the molecule is CCCCc1nc(C(C)C#N)c(CC)[nH]1. The summed E-state index contributed by atoms with van der Waals surface area (Å²) in [5.74, 6) is 0.928. The zero-order chi connectivity index (χ0) is 11.3. The highest BCUT2D eigenvalue weighted by Gasteiger charge is 2.14. The van der Waals surface area contributed by atoms with Gasteiger partial charge in [0.05, 0.1) is 17.7 Å². The van der Waals surface area contributed by atoms with Gasteiger partial charge in [0.15, 0.2) is 0 Å². The molecule has 0 aliphatic carbocycles. The summed E-state index contributed by atoms with van der Waals surface area (Å²) < 4.78 is 0. The molecule has 0 spiro atoms. The van der Waals surface area contributed by atoms with E-state index in [-0.39, 0.29) is 5.92 Å². The van der Waals surface area contributed by atoms with Gasteiger partial charge >= 0.3 is 0 Å². The first-order valence-electron chi connectivity index (χ1n) is 5.70. The number of unbranched alkanes of at least 4 members (excludes halogenated alkanes) is 1. The molecule has 0 amide bonds. The van der Waals surface area contributed by atoms with E-state index in [0.29, 0.717) is 0 Å². The largest absolute Gasteiger partial charge is 0.346 e. The van der Waals surface area contributed by atoms with Gasteiger partial charge in [0, 0.05) is 12.1 Å². The minimum Gasteiger partial charge on any atom is -0.346 e. The van der Waals surface area contributed by atoms with Crippen molar-refractivity contribution in [2.24, 2.45) is 0 Å². The van der Waals surface area contributed by atoms with Crippen LogP contribution < -0.4 is 0 Å². The second-order valence-electron chi connectivity index (χ2n) is 3.86. The molecule has 0 aliphatic rings. The lowest BCUT2D eigenvalue weighted by Gasteiger charge is -1.99. The summed E-state index contributed by atoms with van der Waals surface area (Å²) >= 11 is 0. The molecular weight excluding hydrogens is 186 g/mol. The van der Waals surface area contributed by atoms with Gasteiger partial charge in [0.25, 0.3) is 0 Å². The third-order valence-corrected chi connectivity index (χ3v) is 2.58. The molecule has 0 fully saturated rings. The molecule has 82 valence electrons. The van der Waals surface area contributed by atoms with E-state index in [1.54, 1.807) is 0 Å². The average molecular weight is 205 g/mol. The molecule has 0 aliphatic heterocycles. The maximum absolute atomic E-state index is 8.89. The number of nitrogens with one attached hydrogen (secondary N) is 1.